The molecule has 0 aromatic heterocycles. The van der Waals surface area contributed by atoms with Gasteiger partial charge in [0.05, 0.1) is 10.1 Å². The van der Waals surface area contributed by atoms with Crippen LogP contribution in [0.4, 0.5) is 0 Å². The molecule has 1 fully saturated rings. The number of sulfone groups is 1. The van der Waals surface area contributed by atoms with Crippen molar-refractivity contribution in [2.75, 3.05) is 19.9 Å². The van der Waals surface area contributed by atoms with E-state index >= 15 is 0 Å². The molecule has 1 aliphatic carbocycles. The van der Waals surface area contributed by atoms with Crippen LogP contribution in [-0.4, -0.2) is 33.6 Å². The molecule has 0 unspecified atom stereocenters. The standard InChI is InChI=1S/C18H19ClN2O4S/c19-12-2-4-13(5-3-12)26(22,23)17-16(18(17,8-20)9-21)11-1-6-14-15(7-11)25-10-24-14/h1-7,16-17H,8-10,20-21H2/t16-,17+/m1/s1. The Morgan fingerprint density at radius 3 is 2.35 bits per heavy atom. The molecule has 0 spiro atoms. The summed E-state index contributed by atoms with van der Waals surface area (Å²) in [6.07, 6.45) is 0. The number of hydrogen-bond acceptors (Lipinski definition) is 6. The molecule has 4 rings (SSSR count). The van der Waals surface area contributed by atoms with Crippen LogP contribution in [0.25, 0.3) is 0 Å². The van der Waals surface area contributed by atoms with Crippen molar-refractivity contribution in [2.45, 2.75) is 16.1 Å². The van der Waals surface area contributed by atoms with Crippen molar-refractivity contribution in [3.8, 4) is 11.5 Å². The van der Waals surface area contributed by atoms with Gasteiger partial charge < -0.3 is 20.9 Å². The van der Waals surface area contributed by atoms with Crippen molar-refractivity contribution in [2.24, 2.45) is 16.9 Å². The van der Waals surface area contributed by atoms with E-state index in [0.29, 0.717) is 16.5 Å². The first kappa shape index (κ1) is 17.6. The van der Waals surface area contributed by atoms with Crippen molar-refractivity contribution in [3.63, 3.8) is 0 Å². The first-order valence-electron chi connectivity index (χ1n) is 8.23. The van der Waals surface area contributed by atoms with Gasteiger partial charge in [0.15, 0.2) is 21.3 Å². The monoisotopic (exact) mass is 394 g/mol. The van der Waals surface area contributed by atoms with Crippen LogP contribution in [0.5, 0.6) is 11.5 Å². The molecule has 1 saturated carbocycles. The summed E-state index contributed by atoms with van der Waals surface area (Å²) >= 11 is 5.89. The Balaban J connectivity index is 1.76. The van der Waals surface area contributed by atoms with Crippen LogP contribution in [0.1, 0.15) is 11.5 Å². The number of benzene rings is 2. The first-order valence-corrected chi connectivity index (χ1v) is 10.2. The highest BCUT2D eigenvalue weighted by Crippen LogP contribution is 2.63. The summed E-state index contributed by atoms with van der Waals surface area (Å²) in [5, 5.41) is -0.206. The van der Waals surface area contributed by atoms with Crippen LogP contribution in [0, 0.1) is 5.41 Å². The SMILES string of the molecule is NCC1(CN)[C@H](c2ccc3c(c2)OCO3)[C@@H]1S(=O)(=O)c1ccc(Cl)cc1. The van der Waals surface area contributed by atoms with Crippen LogP contribution in [0.3, 0.4) is 0 Å². The maximum atomic E-state index is 13.2. The Morgan fingerprint density at radius 2 is 1.69 bits per heavy atom. The third kappa shape index (κ3) is 2.50. The lowest BCUT2D eigenvalue weighted by atomic mass is 9.99. The minimum Gasteiger partial charge on any atom is -0.454 e. The maximum absolute atomic E-state index is 13.2. The van der Waals surface area contributed by atoms with Gasteiger partial charge in [0.2, 0.25) is 6.79 Å². The first-order chi connectivity index (χ1) is 12.4. The van der Waals surface area contributed by atoms with Gasteiger partial charge in [0.1, 0.15) is 0 Å². The van der Waals surface area contributed by atoms with Crippen molar-refractivity contribution in [1.29, 1.82) is 0 Å². The number of hydrogen-bond donors (Lipinski definition) is 2. The Morgan fingerprint density at radius 1 is 1.04 bits per heavy atom. The number of ether oxygens (including phenoxy) is 2. The van der Waals surface area contributed by atoms with Crippen molar-refractivity contribution in [1.82, 2.24) is 0 Å². The van der Waals surface area contributed by atoms with E-state index in [9.17, 15) is 8.42 Å². The number of rotatable bonds is 5. The van der Waals surface area contributed by atoms with E-state index in [4.69, 9.17) is 32.5 Å². The van der Waals surface area contributed by atoms with Crippen molar-refractivity contribution >= 4 is 21.4 Å². The van der Waals surface area contributed by atoms with Gasteiger partial charge in [-0.15, -0.1) is 0 Å². The Hall–Kier alpha value is -1.80. The van der Waals surface area contributed by atoms with Crippen LogP contribution in [-0.2, 0) is 9.84 Å². The molecular weight excluding hydrogens is 376 g/mol. The van der Waals surface area contributed by atoms with Gasteiger partial charge in [-0.3, -0.25) is 0 Å². The highest BCUT2D eigenvalue weighted by molar-refractivity contribution is 7.92. The summed E-state index contributed by atoms with van der Waals surface area (Å²) in [6.45, 7) is 0.523. The lowest BCUT2D eigenvalue weighted by molar-refractivity contribution is 0.174. The van der Waals surface area contributed by atoms with Gasteiger partial charge in [-0.05, 0) is 42.0 Å². The van der Waals surface area contributed by atoms with Gasteiger partial charge in [-0.25, -0.2) is 8.42 Å². The smallest absolute Gasteiger partial charge is 0.231 e. The van der Waals surface area contributed by atoms with E-state index in [2.05, 4.69) is 0 Å². The molecule has 2 aromatic carbocycles. The lowest BCUT2D eigenvalue weighted by Crippen LogP contribution is -2.31. The second kappa shape index (κ2) is 6.13. The van der Waals surface area contributed by atoms with Crippen LogP contribution >= 0.6 is 11.6 Å². The predicted octanol–water partition coefficient (Wildman–Crippen LogP) is 1.91. The van der Waals surface area contributed by atoms with Gasteiger partial charge in [-0.2, -0.15) is 0 Å². The van der Waals surface area contributed by atoms with Crippen LogP contribution < -0.4 is 20.9 Å². The molecule has 0 saturated heterocycles. The topological polar surface area (TPSA) is 105 Å². The Kier molecular flexibility index (Phi) is 4.15. The molecule has 2 aromatic rings. The summed E-state index contributed by atoms with van der Waals surface area (Å²) < 4.78 is 37.2. The zero-order valence-electron chi connectivity index (χ0n) is 13.9. The zero-order chi connectivity index (χ0) is 18.5. The van der Waals surface area contributed by atoms with Gasteiger partial charge in [-0.1, -0.05) is 17.7 Å². The molecule has 26 heavy (non-hydrogen) atoms. The largest absolute Gasteiger partial charge is 0.454 e. The average molecular weight is 395 g/mol. The normalized spacial score (nSPS) is 23.0. The van der Waals surface area contributed by atoms with E-state index in [1.54, 1.807) is 18.2 Å². The van der Waals surface area contributed by atoms with E-state index in [-0.39, 0.29) is 30.7 Å². The molecule has 0 bridgehead atoms. The summed E-state index contributed by atoms with van der Waals surface area (Å²) in [5.41, 5.74) is 12.1. The second-order valence-corrected chi connectivity index (χ2v) is 9.16. The van der Waals surface area contributed by atoms with E-state index < -0.39 is 20.5 Å². The summed E-state index contributed by atoms with van der Waals surface area (Å²) in [4.78, 5) is 0.224. The van der Waals surface area contributed by atoms with Gasteiger partial charge in [0.25, 0.3) is 0 Å². The molecule has 1 aliphatic heterocycles. The molecule has 0 radical (unpaired) electrons. The summed E-state index contributed by atoms with van der Waals surface area (Å²) in [7, 11) is -3.62. The minimum absolute atomic E-state index is 0.162. The second-order valence-electron chi connectivity index (χ2n) is 6.65. The van der Waals surface area contributed by atoms with E-state index in [1.807, 2.05) is 12.1 Å². The van der Waals surface area contributed by atoms with Crippen LogP contribution in [0.2, 0.25) is 5.02 Å². The molecule has 8 heteroatoms. The molecule has 2 aliphatic rings. The van der Waals surface area contributed by atoms with Crippen LogP contribution in [0.15, 0.2) is 47.4 Å². The summed E-state index contributed by atoms with van der Waals surface area (Å²) in [5.74, 6) is 0.963. The number of halogens is 1. The number of nitrogens with two attached hydrogens (primary N) is 2. The van der Waals surface area contributed by atoms with Crippen molar-refractivity contribution < 1.29 is 17.9 Å². The third-order valence-corrected chi connectivity index (χ3v) is 7.96. The number of fused-ring (bicyclic) bond motifs is 1. The van der Waals surface area contributed by atoms with E-state index in [0.717, 1.165) is 5.56 Å². The Labute approximate surface area is 157 Å². The average Bonchev–Trinajstić information content (AvgIpc) is 3.12. The fourth-order valence-corrected chi connectivity index (χ4v) is 6.49. The highest BCUT2D eigenvalue weighted by Gasteiger charge is 2.69. The molecule has 2 atom stereocenters. The molecule has 1 heterocycles. The van der Waals surface area contributed by atoms with E-state index in [1.165, 1.54) is 12.1 Å². The zero-order valence-corrected chi connectivity index (χ0v) is 15.5. The quantitative estimate of drug-likeness (QED) is 0.802. The minimum atomic E-state index is -3.62. The lowest BCUT2D eigenvalue weighted by Gasteiger charge is -2.13. The molecule has 4 N–H and O–H groups in total. The fourth-order valence-electron chi connectivity index (χ4n) is 3.90. The maximum Gasteiger partial charge on any atom is 0.231 e. The molecule has 6 nitrogen and oxygen atoms in total. The van der Waals surface area contributed by atoms with Crippen molar-refractivity contribution in [3.05, 3.63) is 53.1 Å². The molecule has 0 amide bonds. The molecule has 138 valence electrons. The summed E-state index contributed by atoms with van der Waals surface area (Å²) in [6, 6.07) is 11.6. The highest BCUT2D eigenvalue weighted by atomic mass is 35.5. The van der Waals surface area contributed by atoms with Gasteiger partial charge in [0, 0.05) is 29.4 Å². The Bertz CT molecular complexity index is 942. The molecular formula is C18H19ClN2O4S. The third-order valence-electron chi connectivity index (χ3n) is 5.37. The predicted molar refractivity (Wildman–Crippen MR) is 98.3 cm³/mol. The van der Waals surface area contributed by atoms with Gasteiger partial charge >= 0.3 is 0 Å². The fraction of sp³-hybridized carbons (Fsp3) is 0.333.